The van der Waals surface area contributed by atoms with Gasteiger partial charge >= 0.3 is 0 Å². The van der Waals surface area contributed by atoms with Crippen LogP contribution in [0.3, 0.4) is 0 Å². The smallest absolute Gasteiger partial charge is 0.132 e. The van der Waals surface area contributed by atoms with Crippen LogP contribution in [-0.4, -0.2) is 20.7 Å². The predicted molar refractivity (Wildman–Crippen MR) is 67.3 cm³/mol. The molecule has 1 aromatic carbocycles. The van der Waals surface area contributed by atoms with Crippen molar-refractivity contribution in [1.82, 2.24) is 0 Å². The topological polar surface area (TPSA) is 12.5 Å². The van der Waals surface area contributed by atoms with E-state index in [9.17, 15) is 0 Å². The molecule has 1 aliphatic rings. The third-order valence-electron chi connectivity index (χ3n) is 2.70. The Kier molecular flexibility index (Phi) is 2.85. The van der Waals surface area contributed by atoms with E-state index in [4.69, 9.17) is 4.74 Å². The lowest BCUT2D eigenvalue weighted by Crippen LogP contribution is -2.24. The van der Waals surface area contributed by atoms with Crippen LogP contribution >= 0.6 is 22.6 Å². The minimum Gasteiger partial charge on any atom is -0.496 e. The third-order valence-corrected chi connectivity index (χ3v) is 3.55. The van der Waals surface area contributed by atoms with Crippen LogP contribution in [0.4, 0.5) is 5.69 Å². The number of hydrogen-bond acceptors (Lipinski definition) is 2. The molecule has 1 aromatic rings. The lowest BCUT2D eigenvalue weighted by Gasteiger charge is -2.28. The number of hydrogen-bond donors (Lipinski definition) is 0. The maximum Gasteiger partial charge on any atom is 0.132 e. The SMILES string of the molecule is COc1cc2c(cc1I)N(C)CCC2. The summed E-state index contributed by atoms with van der Waals surface area (Å²) in [7, 11) is 3.89. The van der Waals surface area contributed by atoms with Gasteiger partial charge in [0, 0.05) is 19.3 Å². The molecule has 14 heavy (non-hydrogen) atoms. The third kappa shape index (κ3) is 1.69. The molecule has 1 aliphatic heterocycles. The first kappa shape index (κ1) is 10.1. The Balaban J connectivity index is 2.48. The molecule has 0 aromatic heterocycles. The molecule has 2 rings (SSSR count). The van der Waals surface area contributed by atoms with E-state index in [0.29, 0.717) is 0 Å². The monoisotopic (exact) mass is 303 g/mol. The van der Waals surface area contributed by atoms with Crippen LogP contribution in [0.2, 0.25) is 0 Å². The van der Waals surface area contributed by atoms with Crippen LogP contribution in [0.15, 0.2) is 12.1 Å². The summed E-state index contributed by atoms with van der Waals surface area (Å²) in [6.07, 6.45) is 2.42. The van der Waals surface area contributed by atoms with Gasteiger partial charge in [0.25, 0.3) is 0 Å². The van der Waals surface area contributed by atoms with E-state index >= 15 is 0 Å². The van der Waals surface area contributed by atoms with Gasteiger partial charge in [0.15, 0.2) is 0 Å². The first-order valence-corrected chi connectivity index (χ1v) is 5.88. The Bertz CT molecular complexity index is 351. The fourth-order valence-electron chi connectivity index (χ4n) is 1.92. The van der Waals surface area contributed by atoms with Gasteiger partial charge in [-0.3, -0.25) is 0 Å². The van der Waals surface area contributed by atoms with E-state index in [1.165, 1.54) is 27.7 Å². The predicted octanol–water partition coefficient (Wildman–Crippen LogP) is 2.68. The van der Waals surface area contributed by atoms with Crippen LogP contribution in [0, 0.1) is 3.57 Å². The summed E-state index contributed by atoms with van der Waals surface area (Å²) in [4.78, 5) is 2.32. The quantitative estimate of drug-likeness (QED) is 0.740. The van der Waals surface area contributed by atoms with Crippen molar-refractivity contribution in [2.24, 2.45) is 0 Å². The fraction of sp³-hybridized carbons (Fsp3) is 0.455. The van der Waals surface area contributed by atoms with Gasteiger partial charge in [-0.1, -0.05) is 0 Å². The van der Waals surface area contributed by atoms with E-state index in [1.54, 1.807) is 7.11 Å². The van der Waals surface area contributed by atoms with Crippen molar-refractivity contribution >= 4 is 28.3 Å². The second-order valence-electron chi connectivity index (χ2n) is 3.64. The molecule has 0 fully saturated rings. The molecule has 0 aliphatic carbocycles. The molecule has 2 nitrogen and oxygen atoms in total. The molecular formula is C11H14INO. The van der Waals surface area contributed by atoms with Gasteiger partial charge in [-0.15, -0.1) is 0 Å². The number of methoxy groups -OCH3 is 1. The van der Waals surface area contributed by atoms with E-state index in [0.717, 1.165) is 12.3 Å². The van der Waals surface area contributed by atoms with Gasteiger partial charge in [-0.2, -0.15) is 0 Å². The molecule has 3 heteroatoms. The highest BCUT2D eigenvalue weighted by atomic mass is 127. The lowest BCUT2D eigenvalue weighted by atomic mass is 10.0. The summed E-state index contributed by atoms with van der Waals surface area (Å²) in [6, 6.07) is 4.39. The van der Waals surface area contributed by atoms with Gasteiger partial charge < -0.3 is 9.64 Å². The zero-order valence-corrected chi connectivity index (χ0v) is 10.7. The highest BCUT2D eigenvalue weighted by molar-refractivity contribution is 14.1. The van der Waals surface area contributed by atoms with Gasteiger partial charge in [-0.25, -0.2) is 0 Å². The minimum atomic E-state index is 1.000. The van der Waals surface area contributed by atoms with Crippen molar-refractivity contribution in [2.75, 3.05) is 25.6 Å². The molecule has 0 N–H and O–H groups in total. The summed E-state index contributed by atoms with van der Waals surface area (Å²) < 4.78 is 6.51. The molecule has 76 valence electrons. The van der Waals surface area contributed by atoms with Crippen molar-refractivity contribution in [3.05, 3.63) is 21.3 Å². The van der Waals surface area contributed by atoms with Gasteiger partial charge in [0.05, 0.1) is 10.7 Å². The van der Waals surface area contributed by atoms with Crippen LogP contribution in [0.25, 0.3) is 0 Å². The molecule has 0 radical (unpaired) electrons. The minimum absolute atomic E-state index is 1.000. The normalized spacial score (nSPS) is 15.2. The first-order chi connectivity index (χ1) is 6.72. The molecule has 0 unspecified atom stereocenters. The first-order valence-electron chi connectivity index (χ1n) is 4.80. The Hall–Kier alpha value is -0.450. The Morgan fingerprint density at radius 1 is 1.43 bits per heavy atom. The second kappa shape index (κ2) is 3.96. The van der Waals surface area contributed by atoms with Crippen molar-refractivity contribution in [3.8, 4) is 5.75 Å². The number of halogens is 1. The van der Waals surface area contributed by atoms with Gasteiger partial charge in [-0.05, 0) is 53.1 Å². The van der Waals surface area contributed by atoms with Crippen molar-refractivity contribution < 1.29 is 4.74 Å². The summed E-state index contributed by atoms with van der Waals surface area (Å²) >= 11 is 2.32. The average molecular weight is 303 g/mol. The Morgan fingerprint density at radius 2 is 2.21 bits per heavy atom. The molecule has 0 atom stereocenters. The van der Waals surface area contributed by atoms with Crippen molar-refractivity contribution in [1.29, 1.82) is 0 Å². The molecule has 0 spiro atoms. The molecule has 0 bridgehead atoms. The zero-order chi connectivity index (χ0) is 10.1. The van der Waals surface area contributed by atoms with Crippen molar-refractivity contribution in [2.45, 2.75) is 12.8 Å². The van der Waals surface area contributed by atoms with E-state index in [1.807, 2.05) is 0 Å². The molecule has 1 heterocycles. The highest BCUT2D eigenvalue weighted by Gasteiger charge is 2.15. The number of fused-ring (bicyclic) bond motifs is 1. The Morgan fingerprint density at radius 3 is 2.93 bits per heavy atom. The standard InChI is InChI=1S/C11H14INO/c1-13-5-3-4-8-6-11(14-2)9(12)7-10(8)13/h6-7H,3-5H2,1-2H3. The largest absolute Gasteiger partial charge is 0.496 e. The number of rotatable bonds is 1. The number of benzene rings is 1. The molecule has 0 saturated heterocycles. The Labute approximate surface area is 98.4 Å². The molecular weight excluding hydrogens is 289 g/mol. The van der Waals surface area contributed by atoms with Gasteiger partial charge in [0.1, 0.15) is 5.75 Å². The number of aryl methyl sites for hydroxylation is 1. The lowest BCUT2D eigenvalue weighted by molar-refractivity contribution is 0.411. The highest BCUT2D eigenvalue weighted by Crippen LogP contribution is 2.33. The fourth-order valence-corrected chi connectivity index (χ4v) is 2.60. The number of anilines is 1. The molecule has 0 saturated carbocycles. The molecule has 0 amide bonds. The average Bonchev–Trinajstić information content (AvgIpc) is 2.19. The van der Waals surface area contributed by atoms with Crippen LogP contribution < -0.4 is 9.64 Å². The number of nitrogens with zero attached hydrogens (tertiary/aromatic N) is 1. The van der Waals surface area contributed by atoms with Crippen LogP contribution in [-0.2, 0) is 6.42 Å². The maximum absolute atomic E-state index is 5.32. The maximum atomic E-state index is 5.32. The van der Waals surface area contributed by atoms with Crippen molar-refractivity contribution in [3.63, 3.8) is 0 Å². The van der Waals surface area contributed by atoms with E-state index < -0.39 is 0 Å². The van der Waals surface area contributed by atoms with Crippen LogP contribution in [0.5, 0.6) is 5.75 Å². The van der Waals surface area contributed by atoms with E-state index in [-0.39, 0.29) is 0 Å². The van der Waals surface area contributed by atoms with E-state index in [2.05, 4.69) is 46.7 Å². The van der Waals surface area contributed by atoms with Gasteiger partial charge in [0.2, 0.25) is 0 Å². The summed E-state index contributed by atoms with van der Waals surface area (Å²) in [5.74, 6) is 1.000. The number of ether oxygens (including phenoxy) is 1. The summed E-state index contributed by atoms with van der Waals surface area (Å²) in [5.41, 5.74) is 2.78. The zero-order valence-electron chi connectivity index (χ0n) is 8.51. The second-order valence-corrected chi connectivity index (χ2v) is 4.80. The summed E-state index contributed by atoms with van der Waals surface area (Å²) in [6.45, 7) is 1.16. The van der Waals surface area contributed by atoms with Crippen LogP contribution in [0.1, 0.15) is 12.0 Å². The summed E-state index contributed by atoms with van der Waals surface area (Å²) in [5, 5.41) is 0.